The topological polar surface area (TPSA) is 78.9 Å². The molecule has 6 nitrogen and oxygen atoms in total. The summed E-state index contributed by atoms with van der Waals surface area (Å²) >= 11 is 0. The van der Waals surface area contributed by atoms with Gasteiger partial charge in [0.2, 0.25) is 0 Å². The van der Waals surface area contributed by atoms with Crippen LogP contribution in [0.15, 0.2) is 72.9 Å². The molecule has 0 rings (SSSR count). The van der Waals surface area contributed by atoms with E-state index in [1.54, 1.807) is 0 Å². The highest BCUT2D eigenvalue weighted by atomic mass is 16.6. The Bertz CT molecular complexity index is 1230. The summed E-state index contributed by atoms with van der Waals surface area (Å²) in [6.07, 6.45) is 67.4. The molecule has 0 amide bonds. The summed E-state index contributed by atoms with van der Waals surface area (Å²) in [6.45, 7) is 6.41. The van der Waals surface area contributed by atoms with Crippen molar-refractivity contribution in [1.29, 1.82) is 0 Å². The highest BCUT2D eigenvalue weighted by Crippen LogP contribution is 2.15. The fourth-order valence-electron chi connectivity index (χ4n) is 7.65. The molecule has 0 fully saturated rings. The predicted octanol–water partition coefficient (Wildman–Crippen LogP) is 18.2. The summed E-state index contributed by atoms with van der Waals surface area (Å²) in [4.78, 5) is 38.1. The monoisotopic (exact) mass is 907 g/mol. The number of ether oxygens (including phenoxy) is 3. The van der Waals surface area contributed by atoms with Gasteiger partial charge in [-0.2, -0.15) is 0 Å². The zero-order chi connectivity index (χ0) is 47.2. The minimum atomic E-state index is -0.782. The summed E-state index contributed by atoms with van der Waals surface area (Å²) in [7, 11) is 0. The second-order valence-corrected chi connectivity index (χ2v) is 18.1. The van der Waals surface area contributed by atoms with Crippen molar-refractivity contribution in [2.75, 3.05) is 13.2 Å². The third-order valence-electron chi connectivity index (χ3n) is 11.7. The average molecular weight is 907 g/mol. The molecule has 65 heavy (non-hydrogen) atoms. The first kappa shape index (κ1) is 61.9. The van der Waals surface area contributed by atoms with E-state index in [2.05, 4.69) is 93.7 Å². The molecule has 0 saturated carbocycles. The Balaban J connectivity index is 4.37. The average Bonchev–Trinajstić information content (AvgIpc) is 3.30. The highest BCUT2D eigenvalue weighted by molar-refractivity contribution is 5.71. The molecule has 0 aliphatic carbocycles. The van der Waals surface area contributed by atoms with Gasteiger partial charge in [0.05, 0.1) is 0 Å². The molecule has 0 aromatic heterocycles. The van der Waals surface area contributed by atoms with Crippen LogP contribution in [0.5, 0.6) is 0 Å². The Hall–Kier alpha value is -3.15. The first-order valence-electron chi connectivity index (χ1n) is 27.4. The van der Waals surface area contributed by atoms with E-state index < -0.39 is 6.10 Å². The molecule has 1 unspecified atom stereocenters. The molecule has 0 aliphatic rings. The van der Waals surface area contributed by atoms with Gasteiger partial charge >= 0.3 is 17.9 Å². The molecule has 374 valence electrons. The maximum atomic E-state index is 12.8. The van der Waals surface area contributed by atoms with Crippen molar-refractivity contribution in [3.8, 4) is 0 Å². The Morgan fingerprint density at radius 2 is 0.600 bits per heavy atom. The van der Waals surface area contributed by atoms with Crippen LogP contribution in [0.25, 0.3) is 0 Å². The first-order valence-corrected chi connectivity index (χ1v) is 27.4. The summed E-state index contributed by atoms with van der Waals surface area (Å²) in [6, 6.07) is 0. The lowest BCUT2D eigenvalue weighted by atomic mass is 10.0. The molecule has 0 saturated heterocycles. The first-order chi connectivity index (χ1) is 32.0. The number of carbonyl (C=O) groups is 3. The van der Waals surface area contributed by atoms with Crippen LogP contribution < -0.4 is 0 Å². The molecule has 0 spiro atoms. The van der Waals surface area contributed by atoms with E-state index >= 15 is 0 Å². The minimum absolute atomic E-state index is 0.0805. The highest BCUT2D eigenvalue weighted by Gasteiger charge is 2.19. The van der Waals surface area contributed by atoms with E-state index in [1.807, 2.05) is 0 Å². The summed E-state index contributed by atoms with van der Waals surface area (Å²) in [5.74, 6) is -0.893. The van der Waals surface area contributed by atoms with Crippen LogP contribution >= 0.6 is 0 Å². The Kier molecular flexibility index (Phi) is 50.9. The zero-order valence-corrected chi connectivity index (χ0v) is 42.7. The number of unbranched alkanes of at least 4 members (excludes halogenated alkanes) is 26. The lowest BCUT2D eigenvalue weighted by Crippen LogP contribution is -2.30. The fraction of sp³-hybridized carbons (Fsp3) is 0.746. The fourth-order valence-corrected chi connectivity index (χ4v) is 7.65. The molecule has 0 aromatic rings. The normalized spacial score (nSPS) is 12.6. The number of esters is 3. The van der Waals surface area contributed by atoms with Crippen LogP contribution in [0.3, 0.4) is 0 Å². The molecule has 1 atom stereocenters. The van der Waals surface area contributed by atoms with Gasteiger partial charge in [-0.15, -0.1) is 0 Å². The van der Waals surface area contributed by atoms with Gasteiger partial charge in [0.1, 0.15) is 13.2 Å². The van der Waals surface area contributed by atoms with Crippen LogP contribution in [-0.2, 0) is 28.6 Å². The third kappa shape index (κ3) is 51.7. The molecular formula is C59H102O6. The van der Waals surface area contributed by atoms with Crippen molar-refractivity contribution in [3.05, 3.63) is 72.9 Å². The lowest BCUT2D eigenvalue weighted by Gasteiger charge is -2.18. The molecule has 0 radical (unpaired) electrons. The van der Waals surface area contributed by atoms with Crippen molar-refractivity contribution in [2.45, 2.75) is 271 Å². The van der Waals surface area contributed by atoms with Crippen LogP contribution in [0.2, 0.25) is 0 Å². The van der Waals surface area contributed by atoms with E-state index in [1.165, 1.54) is 116 Å². The van der Waals surface area contributed by atoms with Crippen LogP contribution in [0.4, 0.5) is 0 Å². The molecule has 0 bridgehead atoms. The van der Waals surface area contributed by atoms with Crippen LogP contribution in [0, 0.1) is 0 Å². The smallest absolute Gasteiger partial charge is 0.306 e. The van der Waals surface area contributed by atoms with E-state index in [0.717, 1.165) is 109 Å². The van der Waals surface area contributed by atoms with Crippen LogP contribution in [-0.4, -0.2) is 37.2 Å². The van der Waals surface area contributed by atoms with Gasteiger partial charge in [-0.05, 0) is 83.5 Å². The third-order valence-corrected chi connectivity index (χ3v) is 11.7. The van der Waals surface area contributed by atoms with E-state index in [0.29, 0.717) is 19.3 Å². The predicted molar refractivity (Wildman–Crippen MR) is 279 cm³/mol. The molecular weight excluding hydrogens is 805 g/mol. The summed E-state index contributed by atoms with van der Waals surface area (Å²) < 4.78 is 16.8. The minimum Gasteiger partial charge on any atom is -0.462 e. The van der Waals surface area contributed by atoms with Gasteiger partial charge in [-0.25, -0.2) is 0 Å². The molecule has 6 heteroatoms. The quantitative estimate of drug-likeness (QED) is 0.0262. The van der Waals surface area contributed by atoms with Crippen molar-refractivity contribution >= 4 is 17.9 Å². The number of hydrogen-bond donors (Lipinski definition) is 0. The lowest BCUT2D eigenvalue weighted by molar-refractivity contribution is -0.167. The molecule has 0 heterocycles. The zero-order valence-electron chi connectivity index (χ0n) is 42.7. The van der Waals surface area contributed by atoms with Crippen LogP contribution in [0.1, 0.15) is 265 Å². The Morgan fingerprint density at radius 3 is 0.938 bits per heavy atom. The van der Waals surface area contributed by atoms with Crippen molar-refractivity contribution in [1.82, 2.24) is 0 Å². The van der Waals surface area contributed by atoms with Gasteiger partial charge in [0.15, 0.2) is 6.10 Å². The molecule has 0 aliphatic heterocycles. The van der Waals surface area contributed by atoms with Crippen molar-refractivity contribution in [2.24, 2.45) is 0 Å². The van der Waals surface area contributed by atoms with Gasteiger partial charge in [-0.1, -0.05) is 235 Å². The maximum absolute atomic E-state index is 12.8. The maximum Gasteiger partial charge on any atom is 0.306 e. The summed E-state index contributed by atoms with van der Waals surface area (Å²) in [5.41, 5.74) is 0. The second-order valence-electron chi connectivity index (χ2n) is 18.1. The molecule has 0 N–H and O–H groups in total. The van der Waals surface area contributed by atoms with Gasteiger partial charge in [-0.3, -0.25) is 14.4 Å². The standard InChI is InChI=1S/C59H102O6/c1-4-7-10-13-16-19-22-25-27-29-30-31-33-34-37-40-43-46-49-52-58(61)64-55-56(54-63-57(60)51-48-45-42-39-36-24-21-18-15-12-9-6-3)65-59(62)53-50-47-44-41-38-35-32-28-26-23-20-17-14-11-8-5-2/h7-8,10-11,16-17,19-20,25-28,56H,4-6,9,12-15,18,21-24,29-55H2,1-3H3/b10-7-,11-8-,19-16-,20-17-,27-25-,28-26-. The van der Waals surface area contributed by atoms with Gasteiger partial charge in [0.25, 0.3) is 0 Å². The van der Waals surface area contributed by atoms with Crippen molar-refractivity contribution < 1.29 is 28.6 Å². The number of allylic oxidation sites excluding steroid dienone is 12. The largest absolute Gasteiger partial charge is 0.462 e. The number of rotatable bonds is 49. The number of hydrogen-bond acceptors (Lipinski definition) is 6. The number of carbonyl (C=O) groups excluding carboxylic acids is 3. The van der Waals surface area contributed by atoms with E-state index in [9.17, 15) is 14.4 Å². The van der Waals surface area contributed by atoms with E-state index in [4.69, 9.17) is 14.2 Å². The molecule has 0 aromatic carbocycles. The second kappa shape index (κ2) is 53.5. The Labute approximate surface area is 402 Å². The summed E-state index contributed by atoms with van der Waals surface area (Å²) in [5, 5.41) is 0. The van der Waals surface area contributed by atoms with Crippen molar-refractivity contribution in [3.63, 3.8) is 0 Å². The van der Waals surface area contributed by atoms with Gasteiger partial charge < -0.3 is 14.2 Å². The van der Waals surface area contributed by atoms with Gasteiger partial charge in [0, 0.05) is 19.3 Å². The Morgan fingerprint density at radius 1 is 0.323 bits per heavy atom. The van der Waals surface area contributed by atoms with E-state index in [-0.39, 0.29) is 31.1 Å². The SMILES string of the molecule is CC/C=C\C/C=C\C/C=C\CCCCCCCCCCCC(=O)OCC(COC(=O)CCCCCCCCCCCCCC)OC(=O)CCCCCCCC/C=C\C/C=C\C/C=C\CC.